The molecule has 152 valence electrons. The van der Waals surface area contributed by atoms with Gasteiger partial charge in [0, 0.05) is 24.5 Å². The summed E-state index contributed by atoms with van der Waals surface area (Å²) in [6, 6.07) is 8.11. The zero-order chi connectivity index (χ0) is 19.6. The number of hydrogen-bond donors (Lipinski definition) is 1. The predicted octanol–water partition coefficient (Wildman–Crippen LogP) is 4.82. The van der Waals surface area contributed by atoms with Gasteiger partial charge in [0.15, 0.2) is 11.4 Å². The van der Waals surface area contributed by atoms with Crippen LogP contribution in [-0.4, -0.2) is 35.0 Å². The van der Waals surface area contributed by atoms with E-state index < -0.39 is 0 Å². The van der Waals surface area contributed by atoms with Gasteiger partial charge in [0.1, 0.15) is 11.1 Å². The van der Waals surface area contributed by atoms with Crippen LogP contribution in [0.3, 0.4) is 0 Å². The number of rotatable bonds is 3. The van der Waals surface area contributed by atoms with Crippen LogP contribution >= 0.6 is 0 Å². The fraction of sp³-hybridized carbons (Fsp3) is 0.522. The Morgan fingerprint density at radius 1 is 0.966 bits per heavy atom. The number of nitrogens with zero attached hydrogens (tertiary/aromatic N) is 3. The highest BCUT2D eigenvalue weighted by Gasteiger charge is 2.25. The average molecular weight is 393 g/mol. The molecule has 3 aromatic rings. The van der Waals surface area contributed by atoms with Gasteiger partial charge in [-0.05, 0) is 44.2 Å². The Labute approximate surface area is 170 Å². The van der Waals surface area contributed by atoms with Crippen LogP contribution in [0.2, 0.25) is 0 Å². The minimum absolute atomic E-state index is 0.164. The summed E-state index contributed by atoms with van der Waals surface area (Å²) in [5.74, 6) is 0.855. The van der Waals surface area contributed by atoms with Gasteiger partial charge in [0.05, 0.1) is 0 Å². The normalized spacial score (nSPS) is 18.8. The van der Waals surface area contributed by atoms with Crippen LogP contribution in [0.1, 0.15) is 68.4 Å². The average Bonchev–Trinajstić information content (AvgIpc) is 2.94. The van der Waals surface area contributed by atoms with Crippen molar-refractivity contribution in [1.82, 2.24) is 15.3 Å². The van der Waals surface area contributed by atoms with E-state index in [1.54, 1.807) is 0 Å². The van der Waals surface area contributed by atoms with E-state index in [0.29, 0.717) is 5.58 Å². The summed E-state index contributed by atoms with van der Waals surface area (Å²) in [5, 5.41) is 4.13. The van der Waals surface area contributed by atoms with Gasteiger partial charge >= 0.3 is 0 Å². The molecule has 2 fully saturated rings. The summed E-state index contributed by atoms with van der Waals surface area (Å²) in [5.41, 5.74) is 2.22. The van der Waals surface area contributed by atoms with Gasteiger partial charge in [0.25, 0.3) is 5.91 Å². The monoisotopic (exact) mass is 392 g/mol. The van der Waals surface area contributed by atoms with E-state index in [4.69, 9.17) is 9.40 Å². The number of anilines is 1. The van der Waals surface area contributed by atoms with Crippen molar-refractivity contribution in [2.24, 2.45) is 0 Å². The number of hydrogen-bond acceptors (Lipinski definition) is 5. The van der Waals surface area contributed by atoms with Crippen LogP contribution in [0.25, 0.3) is 22.1 Å². The topological polar surface area (TPSA) is 71.3 Å². The first-order valence-electron chi connectivity index (χ1n) is 11.0. The van der Waals surface area contributed by atoms with Crippen molar-refractivity contribution in [1.29, 1.82) is 0 Å². The molecule has 0 unspecified atom stereocenters. The molecule has 2 aliphatic rings. The minimum atomic E-state index is -0.164. The molecule has 0 atom stereocenters. The molecule has 6 heteroatoms. The number of benzene rings is 1. The Morgan fingerprint density at radius 3 is 2.48 bits per heavy atom. The van der Waals surface area contributed by atoms with E-state index in [9.17, 15) is 4.79 Å². The maximum Gasteiger partial charge on any atom is 0.289 e. The zero-order valence-electron chi connectivity index (χ0n) is 16.8. The van der Waals surface area contributed by atoms with Gasteiger partial charge in [-0.15, -0.1) is 0 Å². The maximum atomic E-state index is 13.1. The van der Waals surface area contributed by atoms with Crippen LogP contribution in [0.4, 0.5) is 5.82 Å². The molecule has 1 aromatic carbocycles. The Morgan fingerprint density at radius 2 is 1.69 bits per heavy atom. The standard InChI is InChI=1S/C23H28N4O2/c28-23(24-16-10-4-1-2-5-11-16)21-25-19-17-12-6-7-13-18(17)29-20(19)22(26-21)27-14-8-3-9-15-27/h6-7,12-13,16H,1-5,8-11,14-15H2,(H,24,28). The van der Waals surface area contributed by atoms with Crippen LogP contribution in [-0.2, 0) is 0 Å². The van der Waals surface area contributed by atoms with Gasteiger partial charge in [-0.1, -0.05) is 37.8 Å². The van der Waals surface area contributed by atoms with Crippen molar-refractivity contribution in [2.45, 2.75) is 63.8 Å². The van der Waals surface area contributed by atoms with Gasteiger partial charge in [-0.25, -0.2) is 9.97 Å². The minimum Gasteiger partial charge on any atom is -0.450 e. The summed E-state index contributed by atoms with van der Waals surface area (Å²) >= 11 is 0. The van der Waals surface area contributed by atoms with Gasteiger partial charge in [-0.2, -0.15) is 0 Å². The number of carbonyl (C=O) groups is 1. The lowest BCUT2D eigenvalue weighted by molar-refractivity contribution is 0.0923. The Hall–Kier alpha value is -2.63. The van der Waals surface area contributed by atoms with E-state index in [0.717, 1.165) is 61.1 Å². The highest BCUT2D eigenvalue weighted by Crippen LogP contribution is 2.34. The highest BCUT2D eigenvalue weighted by molar-refractivity contribution is 6.07. The number of carbonyl (C=O) groups excluding carboxylic acids is 1. The Bertz CT molecular complexity index is 1010. The number of para-hydroxylation sites is 1. The molecule has 1 aliphatic carbocycles. The van der Waals surface area contributed by atoms with Gasteiger partial charge in [0.2, 0.25) is 5.82 Å². The van der Waals surface area contributed by atoms with Crippen LogP contribution in [0.5, 0.6) is 0 Å². The van der Waals surface area contributed by atoms with Crippen molar-refractivity contribution >= 4 is 33.8 Å². The number of nitrogens with one attached hydrogen (secondary N) is 1. The number of fused-ring (bicyclic) bond motifs is 3. The molecule has 1 saturated heterocycles. The van der Waals surface area contributed by atoms with E-state index in [1.165, 1.54) is 32.1 Å². The number of furan rings is 1. The third kappa shape index (κ3) is 3.68. The Balaban J connectivity index is 1.55. The van der Waals surface area contributed by atoms with Crippen molar-refractivity contribution in [3.8, 4) is 0 Å². The van der Waals surface area contributed by atoms with Gasteiger partial charge < -0.3 is 14.6 Å². The lowest BCUT2D eigenvalue weighted by Gasteiger charge is -2.27. The van der Waals surface area contributed by atoms with Crippen molar-refractivity contribution in [2.75, 3.05) is 18.0 Å². The van der Waals surface area contributed by atoms with E-state index >= 15 is 0 Å². The molecule has 0 radical (unpaired) electrons. The summed E-state index contributed by atoms with van der Waals surface area (Å²) in [4.78, 5) is 24.7. The first-order chi connectivity index (χ1) is 14.3. The molecule has 2 aromatic heterocycles. The van der Waals surface area contributed by atoms with Crippen LogP contribution in [0.15, 0.2) is 28.7 Å². The molecule has 0 spiro atoms. The zero-order valence-corrected chi connectivity index (χ0v) is 16.8. The first kappa shape index (κ1) is 18.4. The second-order valence-electron chi connectivity index (χ2n) is 8.36. The SMILES string of the molecule is O=C(NC1CCCCCC1)c1nc(N2CCCCC2)c2oc3ccccc3c2n1. The fourth-order valence-electron chi connectivity index (χ4n) is 4.67. The van der Waals surface area contributed by atoms with Crippen molar-refractivity contribution < 1.29 is 9.21 Å². The summed E-state index contributed by atoms with van der Waals surface area (Å²) in [7, 11) is 0. The Kier molecular flexibility index (Phi) is 5.08. The third-order valence-electron chi connectivity index (χ3n) is 6.25. The lowest BCUT2D eigenvalue weighted by atomic mass is 10.1. The predicted molar refractivity (Wildman–Crippen MR) is 114 cm³/mol. The molecule has 1 N–H and O–H groups in total. The second-order valence-corrected chi connectivity index (χ2v) is 8.36. The van der Waals surface area contributed by atoms with E-state index in [1.807, 2.05) is 24.3 Å². The third-order valence-corrected chi connectivity index (χ3v) is 6.25. The lowest BCUT2D eigenvalue weighted by Crippen LogP contribution is -2.36. The molecule has 5 rings (SSSR count). The molecular weight excluding hydrogens is 364 g/mol. The molecule has 29 heavy (non-hydrogen) atoms. The van der Waals surface area contributed by atoms with Crippen LogP contribution < -0.4 is 10.2 Å². The molecule has 0 bridgehead atoms. The second kappa shape index (κ2) is 8.01. The van der Waals surface area contributed by atoms with Crippen molar-refractivity contribution in [3.05, 3.63) is 30.1 Å². The largest absolute Gasteiger partial charge is 0.450 e. The van der Waals surface area contributed by atoms with Crippen LogP contribution in [0, 0.1) is 0 Å². The van der Waals surface area contributed by atoms with Crippen molar-refractivity contribution in [3.63, 3.8) is 0 Å². The molecule has 6 nitrogen and oxygen atoms in total. The highest BCUT2D eigenvalue weighted by atomic mass is 16.3. The molecule has 1 aliphatic heterocycles. The molecule has 1 saturated carbocycles. The number of aromatic nitrogens is 2. The summed E-state index contributed by atoms with van der Waals surface area (Å²) in [6.45, 7) is 1.87. The molecular formula is C23H28N4O2. The fourth-order valence-corrected chi connectivity index (χ4v) is 4.67. The number of piperidine rings is 1. The molecule has 3 heterocycles. The smallest absolute Gasteiger partial charge is 0.289 e. The summed E-state index contributed by atoms with van der Waals surface area (Å²) < 4.78 is 6.14. The van der Waals surface area contributed by atoms with E-state index in [-0.39, 0.29) is 17.8 Å². The quantitative estimate of drug-likeness (QED) is 0.647. The molecule has 1 amide bonds. The van der Waals surface area contributed by atoms with E-state index in [2.05, 4.69) is 15.2 Å². The number of amides is 1. The summed E-state index contributed by atoms with van der Waals surface area (Å²) in [6.07, 6.45) is 10.5. The first-order valence-corrected chi connectivity index (χ1v) is 11.0. The maximum absolute atomic E-state index is 13.1. The van der Waals surface area contributed by atoms with Gasteiger partial charge in [-0.3, -0.25) is 4.79 Å².